The summed E-state index contributed by atoms with van der Waals surface area (Å²) in [5.74, 6) is -0.835. The van der Waals surface area contributed by atoms with Crippen LogP contribution in [0.1, 0.15) is 13.3 Å². The molecule has 1 saturated heterocycles. The molecule has 1 rings (SSSR count). The lowest BCUT2D eigenvalue weighted by molar-refractivity contribution is -0.184. The summed E-state index contributed by atoms with van der Waals surface area (Å²) >= 11 is 0. The number of ether oxygens (including phenoxy) is 1. The molecule has 1 atom stereocenters. The molecule has 0 radical (unpaired) electrons. The number of aliphatic carboxylic acids is 1. The highest BCUT2D eigenvalue weighted by Gasteiger charge is 2.50. The van der Waals surface area contributed by atoms with Gasteiger partial charge in [0.25, 0.3) is 0 Å². The van der Waals surface area contributed by atoms with Crippen molar-refractivity contribution in [3.63, 3.8) is 0 Å². The number of carbonyl (C=O) groups is 1. The number of hydrogen-bond acceptors (Lipinski definition) is 3. The summed E-state index contributed by atoms with van der Waals surface area (Å²) in [6.45, 7) is 2.41. The molecular formula is C7H13NO3. The molecule has 1 heterocycles. The van der Waals surface area contributed by atoms with Crippen LogP contribution >= 0.6 is 0 Å². The average Bonchev–Trinajstić information content (AvgIpc) is 1.84. The summed E-state index contributed by atoms with van der Waals surface area (Å²) < 4.78 is 4.86. The van der Waals surface area contributed by atoms with E-state index >= 15 is 0 Å². The summed E-state index contributed by atoms with van der Waals surface area (Å²) in [5, 5.41) is 8.83. The first-order chi connectivity index (χ1) is 5.13. The Kier molecular flexibility index (Phi) is 2.15. The lowest BCUT2D eigenvalue weighted by Crippen LogP contribution is -2.59. The molecule has 0 aliphatic carbocycles. The van der Waals surface area contributed by atoms with Gasteiger partial charge in [0.05, 0.1) is 13.2 Å². The van der Waals surface area contributed by atoms with Gasteiger partial charge in [-0.05, 0) is 6.42 Å². The van der Waals surface area contributed by atoms with E-state index in [0.29, 0.717) is 6.42 Å². The molecule has 4 nitrogen and oxygen atoms in total. The first-order valence-corrected chi connectivity index (χ1v) is 3.70. The van der Waals surface area contributed by atoms with Crippen molar-refractivity contribution in [3.05, 3.63) is 0 Å². The smallest absolute Gasteiger partial charge is 0.315 e. The van der Waals surface area contributed by atoms with Gasteiger partial charge in [-0.15, -0.1) is 0 Å². The van der Waals surface area contributed by atoms with E-state index in [-0.39, 0.29) is 19.3 Å². The highest BCUT2D eigenvalue weighted by molar-refractivity contribution is 5.77. The molecule has 1 fully saturated rings. The van der Waals surface area contributed by atoms with Gasteiger partial charge in [-0.25, -0.2) is 0 Å². The van der Waals surface area contributed by atoms with Gasteiger partial charge >= 0.3 is 5.97 Å². The fraction of sp³-hybridized carbons (Fsp3) is 0.857. The zero-order chi connectivity index (χ0) is 8.48. The minimum Gasteiger partial charge on any atom is -0.481 e. The topological polar surface area (TPSA) is 72.6 Å². The Labute approximate surface area is 65.3 Å². The van der Waals surface area contributed by atoms with Crippen molar-refractivity contribution in [2.45, 2.75) is 19.4 Å². The van der Waals surface area contributed by atoms with Gasteiger partial charge in [-0.1, -0.05) is 6.92 Å². The standard InChI is InChI=1S/C7H13NO3/c1-2-5(8)7(6(9)10)3-11-4-7/h5H,2-4,8H2,1H3,(H,9,10). The second-order valence-corrected chi connectivity index (χ2v) is 2.97. The molecular weight excluding hydrogens is 146 g/mol. The van der Waals surface area contributed by atoms with Crippen molar-refractivity contribution in [1.82, 2.24) is 0 Å². The third-order valence-electron chi connectivity index (χ3n) is 2.29. The molecule has 1 aliphatic heterocycles. The number of rotatable bonds is 3. The van der Waals surface area contributed by atoms with Gasteiger partial charge in [0.15, 0.2) is 0 Å². The predicted octanol–water partition coefficient (Wildman–Crippen LogP) is -0.175. The number of carboxylic acids is 1. The fourth-order valence-electron chi connectivity index (χ4n) is 1.21. The summed E-state index contributed by atoms with van der Waals surface area (Å²) in [6, 6.07) is -0.284. The third kappa shape index (κ3) is 1.12. The Morgan fingerprint density at radius 3 is 2.45 bits per heavy atom. The molecule has 11 heavy (non-hydrogen) atoms. The van der Waals surface area contributed by atoms with Gasteiger partial charge in [0, 0.05) is 6.04 Å². The van der Waals surface area contributed by atoms with Crippen LogP contribution in [0, 0.1) is 5.41 Å². The van der Waals surface area contributed by atoms with Crippen molar-refractivity contribution >= 4 is 5.97 Å². The lowest BCUT2D eigenvalue weighted by Gasteiger charge is -2.41. The zero-order valence-corrected chi connectivity index (χ0v) is 6.54. The van der Waals surface area contributed by atoms with Crippen LogP contribution in [0.5, 0.6) is 0 Å². The van der Waals surface area contributed by atoms with Crippen molar-refractivity contribution in [3.8, 4) is 0 Å². The first-order valence-electron chi connectivity index (χ1n) is 3.70. The van der Waals surface area contributed by atoms with Crippen molar-refractivity contribution in [1.29, 1.82) is 0 Å². The van der Waals surface area contributed by atoms with E-state index in [1.807, 2.05) is 6.92 Å². The van der Waals surface area contributed by atoms with E-state index in [0.717, 1.165) is 0 Å². The monoisotopic (exact) mass is 159 g/mol. The Balaban J connectivity index is 2.67. The predicted molar refractivity (Wildman–Crippen MR) is 39.2 cm³/mol. The van der Waals surface area contributed by atoms with E-state index in [1.165, 1.54) is 0 Å². The highest BCUT2D eigenvalue weighted by atomic mass is 16.5. The molecule has 0 spiro atoms. The Morgan fingerprint density at radius 2 is 2.36 bits per heavy atom. The average molecular weight is 159 g/mol. The van der Waals surface area contributed by atoms with Crippen LogP contribution in [-0.4, -0.2) is 30.3 Å². The zero-order valence-electron chi connectivity index (χ0n) is 6.54. The first kappa shape index (κ1) is 8.49. The maximum Gasteiger partial charge on any atom is 0.315 e. The lowest BCUT2D eigenvalue weighted by atomic mass is 9.77. The molecule has 0 bridgehead atoms. The molecule has 64 valence electrons. The molecule has 1 aliphatic rings. The van der Waals surface area contributed by atoms with E-state index in [9.17, 15) is 4.79 Å². The normalized spacial score (nSPS) is 23.8. The van der Waals surface area contributed by atoms with Crippen LogP contribution in [0.25, 0.3) is 0 Å². The second kappa shape index (κ2) is 2.79. The van der Waals surface area contributed by atoms with E-state index in [4.69, 9.17) is 15.6 Å². The number of hydrogen-bond donors (Lipinski definition) is 2. The van der Waals surface area contributed by atoms with E-state index < -0.39 is 11.4 Å². The second-order valence-electron chi connectivity index (χ2n) is 2.97. The van der Waals surface area contributed by atoms with Crippen LogP contribution < -0.4 is 5.73 Å². The summed E-state index contributed by atoms with van der Waals surface area (Å²) in [4.78, 5) is 10.7. The molecule has 0 aromatic carbocycles. The van der Waals surface area contributed by atoms with Crippen LogP contribution in [0.15, 0.2) is 0 Å². The van der Waals surface area contributed by atoms with Gasteiger partial charge < -0.3 is 15.6 Å². The molecule has 0 amide bonds. The number of carboxylic acid groups (broad SMARTS) is 1. The third-order valence-corrected chi connectivity index (χ3v) is 2.29. The summed E-state index contributed by atoms with van der Waals surface area (Å²) in [7, 11) is 0. The molecule has 0 aromatic heterocycles. The summed E-state index contributed by atoms with van der Waals surface area (Å²) in [6.07, 6.45) is 0.676. The summed E-state index contributed by atoms with van der Waals surface area (Å²) in [5.41, 5.74) is 4.86. The van der Waals surface area contributed by atoms with Gasteiger partial charge in [0.1, 0.15) is 5.41 Å². The maximum atomic E-state index is 10.7. The van der Waals surface area contributed by atoms with Crippen LogP contribution in [0.2, 0.25) is 0 Å². The number of nitrogens with two attached hydrogens (primary N) is 1. The SMILES string of the molecule is CCC(N)C1(C(=O)O)COC1. The van der Waals surface area contributed by atoms with Crippen LogP contribution in [0.3, 0.4) is 0 Å². The fourth-order valence-corrected chi connectivity index (χ4v) is 1.21. The van der Waals surface area contributed by atoms with Crippen molar-refractivity contribution in [2.75, 3.05) is 13.2 Å². The Bertz CT molecular complexity index is 165. The Morgan fingerprint density at radius 1 is 1.82 bits per heavy atom. The minimum absolute atomic E-state index is 0.261. The quantitative estimate of drug-likeness (QED) is 0.599. The molecule has 4 heteroatoms. The largest absolute Gasteiger partial charge is 0.481 e. The van der Waals surface area contributed by atoms with Crippen molar-refractivity contribution < 1.29 is 14.6 Å². The highest BCUT2D eigenvalue weighted by Crippen LogP contribution is 2.31. The maximum absolute atomic E-state index is 10.7. The van der Waals surface area contributed by atoms with Gasteiger partial charge in [0.2, 0.25) is 0 Å². The molecule has 0 saturated carbocycles. The van der Waals surface area contributed by atoms with Gasteiger partial charge in [-0.3, -0.25) is 4.79 Å². The molecule has 1 unspecified atom stereocenters. The van der Waals surface area contributed by atoms with E-state index in [2.05, 4.69) is 0 Å². The van der Waals surface area contributed by atoms with Crippen LogP contribution in [0.4, 0.5) is 0 Å². The molecule has 3 N–H and O–H groups in total. The van der Waals surface area contributed by atoms with Crippen molar-refractivity contribution in [2.24, 2.45) is 11.1 Å². The van der Waals surface area contributed by atoms with Crippen LogP contribution in [-0.2, 0) is 9.53 Å². The van der Waals surface area contributed by atoms with Gasteiger partial charge in [-0.2, -0.15) is 0 Å². The molecule has 0 aromatic rings. The Hall–Kier alpha value is -0.610. The van der Waals surface area contributed by atoms with E-state index in [1.54, 1.807) is 0 Å². The minimum atomic E-state index is -0.835.